The summed E-state index contributed by atoms with van der Waals surface area (Å²) in [7, 11) is 1.89. The molecule has 126 valence electrons. The number of piperidine rings is 1. The molecule has 2 fully saturated rings. The highest BCUT2D eigenvalue weighted by Gasteiger charge is 2.37. The lowest BCUT2D eigenvalue weighted by Gasteiger charge is -2.35. The van der Waals surface area contributed by atoms with Crippen LogP contribution in [-0.2, 0) is 0 Å². The Morgan fingerprint density at radius 1 is 1.17 bits per heavy atom. The lowest BCUT2D eigenvalue weighted by atomic mass is 9.98. The maximum atomic E-state index is 12.8. The van der Waals surface area contributed by atoms with Crippen molar-refractivity contribution in [2.24, 2.45) is 0 Å². The molecule has 2 aliphatic rings. The molecule has 2 aromatic heterocycles. The molecule has 0 aromatic carbocycles. The largest absolute Gasteiger partial charge is 0.337 e. The number of hydrogen-bond acceptors (Lipinski definition) is 4. The van der Waals surface area contributed by atoms with Gasteiger partial charge in [-0.2, -0.15) is 0 Å². The second-order valence-corrected chi connectivity index (χ2v) is 6.11. The lowest BCUT2D eigenvalue weighted by molar-refractivity contribution is 0.0677. The zero-order valence-electron chi connectivity index (χ0n) is 12.9. The summed E-state index contributed by atoms with van der Waals surface area (Å²) in [4.78, 5) is 23.2. The van der Waals surface area contributed by atoms with Gasteiger partial charge in [-0.3, -0.25) is 4.79 Å². The summed E-state index contributed by atoms with van der Waals surface area (Å²) in [6.07, 6.45) is 11.5. The molecule has 23 heavy (non-hydrogen) atoms. The quantitative estimate of drug-likeness (QED) is 0.891. The van der Waals surface area contributed by atoms with Gasteiger partial charge < -0.3 is 14.6 Å². The SMILES string of the molecule is CN(C(=O)c1nccn2ccnc12)C1CC2CCC(C1)N2.Cl.Cl. The second kappa shape index (κ2) is 7.03. The van der Waals surface area contributed by atoms with Gasteiger partial charge in [0.2, 0.25) is 0 Å². The number of aromatic nitrogens is 3. The van der Waals surface area contributed by atoms with Crippen LogP contribution in [0.5, 0.6) is 0 Å². The van der Waals surface area contributed by atoms with E-state index in [2.05, 4.69) is 15.3 Å². The summed E-state index contributed by atoms with van der Waals surface area (Å²) in [6, 6.07) is 1.44. The number of rotatable bonds is 2. The number of nitrogens with one attached hydrogen (secondary N) is 1. The molecule has 0 saturated carbocycles. The molecule has 1 amide bonds. The molecule has 2 atom stereocenters. The molecule has 4 heterocycles. The van der Waals surface area contributed by atoms with Gasteiger partial charge in [0.15, 0.2) is 11.3 Å². The zero-order valence-corrected chi connectivity index (χ0v) is 14.5. The number of carbonyl (C=O) groups is 1. The van der Waals surface area contributed by atoms with E-state index in [1.54, 1.807) is 12.4 Å². The molecular weight excluding hydrogens is 337 g/mol. The Kier molecular flexibility index (Phi) is 5.49. The van der Waals surface area contributed by atoms with Gasteiger partial charge in [0.1, 0.15) is 0 Å². The third-order valence-electron chi connectivity index (χ3n) is 4.83. The van der Waals surface area contributed by atoms with Crippen LogP contribution in [0, 0.1) is 0 Å². The Bertz CT molecular complexity index is 679. The number of amides is 1. The minimum absolute atomic E-state index is 0. The van der Waals surface area contributed by atoms with E-state index in [-0.39, 0.29) is 30.7 Å². The highest BCUT2D eigenvalue weighted by Crippen LogP contribution is 2.29. The number of fused-ring (bicyclic) bond motifs is 3. The summed E-state index contributed by atoms with van der Waals surface area (Å²) in [5, 5.41) is 3.61. The first-order valence-electron chi connectivity index (χ1n) is 7.53. The van der Waals surface area contributed by atoms with Gasteiger partial charge in [0, 0.05) is 50.0 Å². The first-order chi connectivity index (χ1) is 10.2. The molecule has 2 saturated heterocycles. The van der Waals surface area contributed by atoms with Gasteiger partial charge in [-0.1, -0.05) is 0 Å². The Morgan fingerprint density at radius 2 is 1.78 bits per heavy atom. The van der Waals surface area contributed by atoms with Crippen LogP contribution in [-0.4, -0.2) is 50.3 Å². The first-order valence-corrected chi connectivity index (χ1v) is 7.53. The number of halogens is 2. The predicted molar refractivity (Wildman–Crippen MR) is 92.5 cm³/mol. The van der Waals surface area contributed by atoms with E-state index < -0.39 is 0 Å². The van der Waals surface area contributed by atoms with Crippen LogP contribution in [0.1, 0.15) is 36.2 Å². The van der Waals surface area contributed by atoms with Crippen LogP contribution in [0.15, 0.2) is 24.8 Å². The van der Waals surface area contributed by atoms with Crippen molar-refractivity contribution in [2.75, 3.05) is 7.05 Å². The molecule has 2 bridgehead atoms. The molecular formula is C15H21Cl2N5O. The first kappa shape index (κ1) is 18.0. The fraction of sp³-hybridized carbons (Fsp3) is 0.533. The predicted octanol–water partition coefficient (Wildman–Crippen LogP) is 1.93. The van der Waals surface area contributed by atoms with Crippen molar-refractivity contribution in [2.45, 2.75) is 43.8 Å². The summed E-state index contributed by atoms with van der Waals surface area (Å²) in [6.45, 7) is 0. The normalized spacial score (nSPS) is 25.5. The number of hydrogen-bond donors (Lipinski definition) is 1. The van der Waals surface area contributed by atoms with Gasteiger partial charge in [-0.25, -0.2) is 9.97 Å². The molecule has 2 aromatic rings. The Morgan fingerprint density at radius 3 is 2.43 bits per heavy atom. The molecule has 6 nitrogen and oxygen atoms in total. The number of imidazole rings is 1. The van der Waals surface area contributed by atoms with Gasteiger partial charge in [0.05, 0.1) is 0 Å². The summed E-state index contributed by atoms with van der Waals surface area (Å²) < 4.78 is 1.83. The van der Waals surface area contributed by atoms with E-state index in [4.69, 9.17) is 0 Å². The summed E-state index contributed by atoms with van der Waals surface area (Å²) >= 11 is 0. The average Bonchev–Trinajstić information content (AvgIpc) is 3.11. The fourth-order valence-corrected chi connectivity index (χ4v) is 3.68. The van der Waals surface area contributed by atoms with Crippen LogP contribution < -0.4 is 5.32 Å². The van der Waals surface area contributed by atoms with E-state index in [0.29, 0.717) is 29.5 Å². The minimum atomic E-state index is -0.0295. The number of nitrogens with zero attached hydrogens (tertiary/aromatic N) is 4. The van der Waals surface area contributed by atoms with E-state index >= 15 is 0 Å². The second-order valence-electron chi connectivity index (χ2n) is 6.11. The van der Waals surface area contributed by atoms with E-state index in [1.807, 2.05) is 28.7 Å². The topological polar surface area (TPSA) is 62.5 Å². The third-order valence-corrected chi connectivity index (χ3v) is 4.83. The van der Waals surface area contributed by atoms with Crippen molar-refractivity contribution in [1.29, 1.82) is 0 Å². The van der Waals surface area contributed by atoms with Crippen molar-refractivity contribution in [3.8, 4) is 0 Å². The van der Waals surface area contributed by atoms with Gasteiger partial charge >= 0.3 is 0 Å². The minimum Gasteiger partial charge on any atom is -0.337 e. The lowest BCUT2D eigenvalue weighted by Crippen LogP contribution is -2.48. The monoisotopic (exact) mass is 357 g/mol. The molecule has 1 N–H and O–H groups in total. The maximum absolute atomic E-state index is 12.8. The van der Waals surface area contributed by atoms with Crippen LogP contribution in [0.4, 0.5) is 0 Å². The molecule has 2 unspecified atom stereocenters. The van der Waals surface area contributed by atoms with Gasteiger partial charge in [-0.15, -0.1) is 24.8 Å². The van der Waals surface area contributed by atoms with Crippen molar-refractivity contribution in [1.82, 2.24) is 24.6 Å². The van der Waals surface area contributed by atoms with Crippen LogP contribution in [0.2, 0.25) is 0 Å². The number of carbonyl (C=O) groups excluding carboxylic acids is 1. The molecule has 8 heteroatoms. The van der Waals surface area contributed by atoms with Crippen LogP contribution >= 0.6 is 24.8 Å². The molecule has 0 radical (unpaired) electrons. The van der Waals surface area contributed by atoms with Gasteiger partial charge in [-0.05, 0) is 25.7 Å². The van der Waals surface area contributed by atoms with E-state index in [9.17, 15) is 4.79 Å². The fourth-order valence-electron chi connectivity index (χ4n) is 3.68. The zero-order chi connectivity index (χ0) is 14.4. The van der Waals surface area contributed by atoms with Crippen LogP contribution in [0.3, 0.4) is 0 Å². The molecule has 4 rings (SSSR count). The molecule has 0 aliphatic carbocycles. The average molecular weight is 358 g/mol. The van der Waals surface area contributed by atoms with Gasteiger partial charge in [0.25, 0.3) is 5.91 Å². The highest BCUT2D eigenvalue weighted by molar-refractivity contribution is 5.97. The summed E-state index contributed by atoms with van der Waals surface area (Å²) in [5.41, 5.74) is 1.07. The van der Waals surface area contributed by atoms with Crippen molar-refractivity contribution >= 4 is 36.4 Å². The Hall–Kier alpha value is -1.37. The van der Waals surface area contributed by atoms with Crippen molar-refractivity contribution in [3.05, 3.63) is 30.5 Å². The standard InChI is InChI=1S/C15H19N5O.2ClH/c1-19(12-8-10-2-3-11(9-12)18-10)15(21)13-14-17-5-7-20(14)6-4-16-13;;/h4-7,10-12,18H,2-3,8-9H2,1H3;2*1H. The van der Waals surface area contributed by atoms with Crippen molar-refractivity contribution in [3.63, 3.8) is 0 Å². The van der Waals surface area contributed by atoms with E-state index in [0.717, 1.165) is 12.8 Å². The summed E-state index contributed by atoms with van der Waals surface area (Å²) in [5.74, 6) is -0.0295. The molecule has 0 spiro atoms. The smallest absolute Gasteiger partial charge is 0.276 e. The highest BCUT2D eigenvalue weighted by atomic mass is 35.5. The third kappa shape index (κ3) is 3.16. The molecule has 2 aliphatic heterocycles. The Labute approximate surface area is 147 Å². The van der Waals surface area contributed by atoms with Crippen LogP contribution in [0.25, 0.3) is 5.65 Å². The van der Waals surface area contributed by atoms with E-state index in [1.165, 1.54) is 12.8 Å². The Balaban J connectivity index is 0.000000960. The maximum Gasteiger partial charge on any atom is 0.276 e. The van der Waals surface area contributed by atoms with Crippen molar-refractivity contribution < 1.29 is 4.79 Å².